The SMILES string of the molecule is Cc1cc2c(F)ccc(F)c2cn1. The first-order chi connectivity index (χ1) is 6.18. The van der Waals surface area contributed by atoms with Gasteiger partial charge in [-0.05, 0) is 25.1 Å². The van der Waals surface area contributed by atoms with Crippen molar-refractivity contribution < 1.29 is 8.78 Å². The van der Waals surface area contributed by atoms with Gasteiger partial charge in [0.1, 0.15) is 11.6 Å². The molecule has 2 rings (SSSR count). The Morgan fingerprint density at radius 2 is 1.69 bits per heavy atom. The van der Waals surface area contributed by atoms with E-state index >= 15 is 0 Å². The summed E-state index contributed by atoms with van der Waals surface area (Å²) >= 11 is 0. The number of fused-ring (bicyclic) bond motifs is 1. The zero-order valence-electron chi connectivity index (χ0n) is 7.01. The van der Waals surface area contributed by atoms with Gasteiger partial charge in [0.15, 0.2) is 0 Å². The van der Waals surface area contributed by atoms with Crippen LogP contribution in [0.1, 0.15) is 5.69 Å². The lowest BCUT2D eigenvalue weighted by atomic mass is 10.1. The van der Waals surface area contributed by atoms with E-state index in [1.165, 1.54) is 12.3 Å². The number of benzene rings is 1. The molecule has 13 heavy (non-hydrogen) atoms. The Morgan fingerprint density at radius 3 is 2.38 bits per heavy atom. The summed E-state index contributed by atoms with van der Waals surface area (Å²) in [5.41, 5.74) is 0.678. The predicted octanol–water partition coefficient (Wildman–Crippen LogP) is 2.82. The Labute approximate surface area is 74.0 Å². The molecule has 0 N–H and O–H groups in total. The number of aryl methyl sites for hydroxylation is 1. The third kappa shape index (κ3) is 1.26. The molecule has 0 atom stereocenters. The maximum absolute atomic E-state index is 13.2. The summed E-state index contributed by atoms with van der Waals surface area (Å²) < 4.78 is 26.2. The fourth-order valence-electron chi connectivity index (χ4n) is 1.27. The second-order valence-corrected chi connectivity index (χ2v) is 2.90. The molecule has 3 heteroatoms. The molecule has 1 heterocycles. The molecule has 0 amide bonds. The highest BCUT2D eigenvalue weighted by molar-refractivity contribution is 5.83. The van der Waals surface area contributed by atoms with Gasteiger partial charge >= 0.3 is 0 Å². The minimum Gasteiger partial charge on any atom is -0.261 e. The lowest BCUT2D eigenvalue weighted by molar-refractivity contribution is 0.617. The van der Waals surface area contributed by atoms with Crippen molar-refractivity contribution in [3.05, 3.63) is 41.7 Å². The van der Waals surface area contributed by atoms with Crippen molar-refractivity contribution in [2.24, 2.45) is 0 Å². The van der Waals surface area contributed by atoms with Gasteiger partial charge in [-0.1, -0.05) is 0 Å². The molecule has 0 aliphatic rings. The maximum atomic E-state index is 13.2. The van der Waals surface area contributed by atoms with Crippen LogP contribution in [0.3, 0.4) is 0 Å². The summed E-state index contributed by atoms with van der Waals surface area (Å²) in [6.07, 6.45) is 1.35. The number of rotatable bonds is 0. The highest BCUT2D eigenvalue weighted by Gasteiger charge is 2.05. The fraction of sp³-hybridized carbons (Fsp3) is 0.100. The maximum Gasteiger partial charge on any atom is 0.132 e. The van der Waals surface area contributed by atoms with Crippen molar-refractivity contribution in [1.29, 1.82) is 0 Å². The van der Waals surface area contributed by atoms with E-state index in [2.05, 4.69) is 4.98 Å². The molecular weight excluding hydrogens is 172 g/mol. The highest BCUT2D eigenvalue weighted by Crippen LogP contribution is 2.20. The van der Waals surface area contributed by atoms with E-state index in [0.29, 0.717) is 5.69 Å². The highest BCUT2D eigenvalue weighted by atomic mass is 19.1. The van der Waals surface area contributed by atoms with Crippen molar-refractivity contribution in [2.75, 3.05) is 0 Å². The van der Waals surface area contributed by atoms with Gasteiger partial charge in [-0.3, -0.25) is 4.98 Å². The molecule has 0 spiro atoms. The molecule has 0 bridgehead atoms. The van der Waals surface area contributed by atoms with Crippen molar-refractivity contribution in [3.63, 3.8) is 0 Å². The third-order valence-corrected chi connectivity index (χ3v) is 1.93. The van der Waals surface area contributed by atoms with Crippen LogP contribution in [0, 0.1) is 18.6 Å². The lowest BCUT2D eigenvalue weighted by Crippen LogP contribution is -1.87. The first kappa shape index (κ1) is 8.10. The lowest BCUT2D eigenvalue weighted by Gasteiger charge is -2.00. The van der Waals surface area contributed by atoms with Crippen molar-refractivity contribution in [2.45, 2.75) is 6.92 Å². The molecule has 0 aliphatic carbocycles. The van der Waals surface area contributed by atoms with E-state index in [4.69, 9.17) is 0 Å². The van der Waals surface area contributed by atoms with Gasteiger partial charge in [0, 0.05) is 22.7 Å². The zero-order valence-corrected chi connectivity index (χ0v) is 7.01. The molecule has 0 radical (unpaired) electrons. The van der Waals surface area contributed by atoms with Crippen LogP contribution in [0.15, 0.2) is 24.4 Å². The molecule has 0 saturated heterocycles. The Bertz CT molecular complexity index is 466. The minimum absolute atomic E-state index is 0.227. The number of nitrogens with zero attached hydrogens (tertiary/aromatic N) is 1. The molecule has 1 aromatic heterocycles. The third-order valence-electron chi connectivity index (χ3n) is 1.93. The number of hydrogen-bond donors (Lipinski definition) is 0. The second-order valence-electron chi connectivity index (χ2n) is 2.90. The van der Waals surface area contributed by atoms with E-state index in [1.54, 1.807) is 6.92 Å². The summed E-state index contributed by atoms with van der Waals surface area (Å²) in [7, 11) is 0. The minimum atomic E-state index is -0.441. The second kappa shape index (κ2) is 2.76. The van der Waals surface area contributed by atoms with Crippen LogP contribution in [0.5, 0.6) is 0 Å². The van der Waals surface area contributed by atoms with Crippen LogP contribution >= 0.6 is 0 Å². The van der Waals surface area contributed by atoms with Gasteiger partial charge in [-0.25, -0.2) is 8.78 Å². The van der Waals surface area contributed by atoms with Gasteiger partial charge in [-0.15, -0.1) is 0 Å². The van der Waals surface area contributed by atoms with E-state index in [1.807, 2.05) is 0 Å². The molecule has 0 aliphatic heterocycles. The standard InChI is InChI=1S/C10H7F2N/c1-6-4-7-8(5-13-6)10(12)3-2-9(7)11/h2-5H,1H3. The molecule has 0 saturated carbocycles. The Balaban J connectivity index is 2.92. The Hall–Kier alpha value is -1.51. The van der Waals surface area contributed by atoms with E-state index in [-0.39, 0.29) is 10.8 Å². The quantitative estimate of drug-likeness (QED) is 0.606. The first-order valence-corrected chi connectivity index (χ1v) is 3.89. The van der Waals surface area contributed by atoms with Crippen LogP contribution in [0.25, 0.3) is 10.8 Å². The summed E-state index contributed by atoms with van der Waals surface area (Å²) in [6.45, 7) is 1.74. The van der Waals surface area contributed by atoms with Gasteiger partial charge in [-0.2, -0.15) is 0 Å². The van der Waals surface area contributed by atoms with Gasteiger partial charge in [0.05, 0.1) is 0 Å². The van der Waals surface area contributed by atoms with Crippen LogP contribution in [-0.2, 0) is 0 Å². The molecule has 0 fully saturated rings. The summed E-state index contributed by atoms with van der Waals surface area (Å²) in [5.74, 6) is -0.856. The normalized spacial score (nSPS) is 10.7. The monoisotopic (exact) mass is 179 g/mol. The fourth-order valence-corrected chi connectivity index (χ4v) is 1.27. The predicted molar refractivity (Wildman–Crippen MR) is 46.4 cm³/mol. The van der Waals surface area contributed by atoms with Gasteiger partial charge in [0.25, 0.3) is 0 Å². The van der Waals surface area contributed by atoms with E-state index < -0.39 is 11.6 Å². The summed E-state index contributed by atoms with van der Waals surface area (Å²) in [5, 5.41) is 0.512. The zero-order chi connectivity index (χ0) is 9.42. The first-order valence-electron chi connectivity index (χ1n) is 3.89. The van der Waals surface area contributed by atoms with Crippen LogP contribution in [0.4, 0.5) is 8.78 Å². The molecule has 1 aromatic carbocycles. The Kier molecular flexibility index (Phi) is 1.72. The average Bonchev–Trinajstić information content (AvgIpc) is 2.12. The van der Waals surface area contributed by atoms with Crippen LogP contribution < -0.4 is 0 Å². The largest absolute Gasteiger partial charge is 0.261 e. The van der Waals surface area contributed by atoms with E-state index in [9.17, 15) is 8.78 Å². The van der Waals surface area contributed by atoms with Crippen molar-refractivity contribution in [1.82, 2.24) is 4.98 Å². The van der Waals surface area contributed by atoms with Crippen molar-refractivity contribution in [3.8, 4) is 0 Å². The molecule has 0 unspecified atom stereocenters. The molecule has 1 nitrogen and oxygen atoms in total. The van der Waals surface area contributed by atoms with Gasteiger partial charge < -0.3 is 0 Å². The molecule has 2 aromatic rings. The van der Waals surface area contributed by atoms with Crippen molar-refractivity contribution >= 4 is 10.8 Å². The van der Waals surface area contributed by atoms with E-state index in [0.717, 1.165) is 12.1 Å². The number of hydrogen-bond acceptors (Lipinski definition) is 1. The molecule has 66 valence electrons. The Morgan fingerprint density at radius 1 is 1.08 bits per heavy atom. The topological polar surface area (TPSA) is 12.9 Å². The smallest absolute Gasteiger partial charge is 0.132 e. The average molecular weight is 179 g/mol. The number of aromatic nitrogens is 1. The van der Waals surface area contributed by atoms with Crippen LogP contribution in [0.2, 0.25) is 0 Å². The summed E-state index contributed by atoms with van der Waals surface area (Å²) in [4.78, 5) is 3.90. The molecular formula is C10H7F2N. The van der Waals surface area contributed by atoms with Gasteiger partial charge in [0.2, 0.25) is 0 Å². The number of pyridine rings is 1. The number of halogens is 2. The van der Waals surface area contributed by atoms with Crippen LogP contribution in [-0.4, -0.2) is 4.98 Å². The summed E-state index contributed by atoms with van der Waals surface area (Å²) in [6, 6.07) is 3.76.